The number of nitrogens with zero attached hydrogens (tertiary/aromatic N) is 1. The third-order valence-electron chi connectivity index (χ3n) is 3.09. The lowest BCUT2D eigenvalue weighted by Gasteiger charge is -2.13. The molecule has 1 amide bonds. The minimum absolute atomic E-state index is 0.187. The minimum Gasteiger partial charge on any atom is -0.483 e. The smallest absolute Gasteiger partial charge is 0.314 e. The van der Waals surface area contributed by atoms with Crippen molar-refractivity contribution in [2.24, 2.45) is 11.0 Å². The summed E-state index contributed by atoms with van der Waals surface area (Å²) in [6, 6.07) is 5.37. The van der Waals surface area contributed by atoms with Gasteiger partial charge in [-0.15, -0.1) is 0 Å². The SMILES string of the molecule is CCOC(=O)C(CC)C(C)=NNC(=O)COc1ccc(Br)cc1Br. The van der Waals surface area contributed by atoms with Crippen LogP contribution in [0.25, 0.3) is 0 Å². The minimum atomic E-state index is -0.466. The maximum absolute atomic E-state index is 11.8. The maximum atomic E-state index is 11.8. The van der Waals surface area contributed by atoms with Crippen molar-refractivity contribution in [3.05, 3.63) is 27.1 Å². The lowest BCUT2D eigenvalue weighted by atomic mass is 10.0. The largest absolute Gasteiger partial charge is 0.483 e. The number of hydrazone groups is 1. The van der Waals surface area contributed by atoms with E-state index < -0.39 is 11.8 Å². The van der Waals surface area contributed by atoms with E-state index in [1.165, 1.54) is 0 Å². The molecule has 0 aromatic heterocycles. The first kappa shape index (κ1) is 20.6. The Hall–Kier alpha value is -1.41. The van der Waals surface area contributed by atoms with Crippen LogP contribution in [0.5, 0.6) is 5.75 Å². The standard InChI is InChI=1S/C16H20Br2N2O4/c1-4-12(16(22)23-5-2)10(3)19-20-15(21)9-24-14-7-6-11(17)8-13(14)18/h6-8,12H,4-5,9H2,1-3H3,(H,20,21). The Morgan fingerprint density at radius 1 is 1.29 bits per heavy atom. The average molecular weight is 464 g/mol. The number of hydrogen-bond acceptors (Lipinski definition) is 5. The van der Waals surface area contributed by atoms with E-state index in [-0.39, 0.29) is 12.6 Å². The quantitative estimate of drug-likeness (QED) is 0.362. The lowest BCUT2D eigenvalue weighted by molar-refractivity contribution is -0.145. The number of carbonyl (C=O) groups is 2. The van der Waals surface area contributed by atoms with E-state index in [2.05, 4.69) is 42.4 Å². The van der Waals surface area contributed by atoms with E-state index in [9.17, 15) is 9.59 Å². The van der Waals surface area contributed by atoms with Gasteiger partial charge in [-0.1, -0.05) is 22.9 Å². The van der Waals surface area contributed by atoms with Gasteiger partial charge in [0.15, 0.2) is 6.61 Å². The topological polar surface area (TPSA) is 77.0 Å². The van der Waals surface area contributed by atoms with Gasteiger partial charge in [0.05, 0.1) is 17.0 Å². The highest BCUT2D eigenvalue weighted by Crippen LogP contribution is 2.28. The van der Waals surface area contributed by atoms with Gasteiger partial charge in [-0.25, -0.2) is 5.43 Å². The van der Waals surface area contributed by atoms with E-state index in [0.29, 0.717) is 24.5 Å². The molecule has 0 heterocycles. The second-order valence-corrected chi connectivity index (χ2v) is 6.63. The molecule has 1 rings (SSSR count). The van der Waals surface area contributed by atoms with Gasteiger partial charge in [0.1, 0.15) is 5.75 Å². The molecule has 8 heteroatoms. The van der Waals surface area contributed by atoms with Gasteiger partial charge in [0.25, 0.3) is 5.91 Å². The molecule has 0 radical (unpaired) electrons. The molecule has 0 aliphatic carbocycles. The average Bonchev–Trinajstić information content (AvgIpc) is 2.53. The van der Waals surface area contributed by atoms with E-state index in [1.54, 1.807) is 19.9 Å². The van der Waals surface area contributed by atoms with Crippen molar-refractivity contribution in [3.8, 4) is 5.75 Å². The molecule has 6 nitrogen and oxygen atoms in total. The number of esters is 1. The number of nitrogens with one attached hydrogen (secondary N) is 1. The number of amides is 1. The predicted molar refractivity (Wildman–Crippen MR) is 99.0 cm³/mol. The van der Waals surface area contributed by atoms with Crippen LogP contribution in [0.2, 0.25) is 0 Å². The summed E-state index contributed by atoms with van der Waals surface area (Å²) < 4.78 is 12.0. The van der Waals surface area contributed by atoms with E-state index >= 15 is 0 Å². The number of benzene rings is 1. The van der Waals surface area contributed by atoms with Gasteiger partial charge in [-0.3, -0.25) is 9.59 Å². The van der Waals surface area contributed by atoms with Crippen molar-refractivity contribution in [1.29, 1.82) is 0 Å². The van der Waals surface area contributed by atoms with Crippen molar-refractivity contribution in [1.82, 2.24) is 5.43 Å². The van der Waals surface area contributed by atoms with Crippen LogP contribution in [-0.4, -0.2) is 30.8 Å². The molecule has 0 spiro atoms. The highest BCUT2D eigenvalue weighted by Gasteiger charge is 2.21. The van der Waals surface area contributed by atoms with Crippen LogP contribution in [0.3, 0.4) is 0 Å². The summed E-state index contributed by atoms with van der Waals surface area (Å²) in [5.41, 5.74) is 2.88. The summed E-state index contributed by atoms with van der Waals surface area (Å²) in [5.74, 6) is -0.674. The first-order valence-corrected chi connectivity index (χ1v) is 9.05. The van der Waals surface area contributed by atoms with Crippen LogP contribution >= 0.6 is 31.9 Å². The Bertz CT molecular complexity index is 620. The second-order valence-electron chi connectivity index (χ2n) is 4.86. The van der Waals surface area contributed by atoms with Crippen molar-refractivity contribution < 1.29 is 19.1 Å². The third-order valence-corrected chi connectivity index (χ3v) is 4.21. The van der Waals surface area contributed by atoms with Crippen molar-refractivity contribution in [2.75, 3.05) is 13.2 Å². The van der Waals surface area contributed by atoms with Crippen molar-refractivity contribution >= 4 is 49.4 Å². The molecule has 1 N–H and O–H groups in total. The molecule has 24 heavy (non-hydrogen) atoms. The molecule has 0 saturated heterocycles. The van der Waals surface area contributed by atoms with Crippen molar-refractivity contribution in [2.45, 2.75) is 27.2 Å². The van der Waals surface area contributed by atoms with Gasteiger partial charge in [0.2, 0.25) is 0 Å². The highest BCUT2D eigenvalue weighted by molar-refractivity contribution is 9.11. The maximum Gasteiger partial charge on any atom is 0.314 e. The van der Waals surface area contributed by atoms with Crippen LogP contribution in [0.15, 0.2) is 32.2 Å². The first-order valence-electron chi connectivity index (χ1n) is 7.46. The lowest BCUT2D eigenvalue weighted by Crippen LogP contribution is -2.29. The zero-order valence-electron chi connectivity index (χ0n) is 13.8. The number of rotatable bonds is 8. The third kappa shape index (κ3) is 6.60. The predicted octanol–water partition coefficient (Wildman–Crippen LogP) is 3.67. The zero-order valence-corrected chi connectivity index (χ0v) is 16.9. The molecular formula is C16H20Br2N2O4. The van der Waals surface area contributed by atoms with Crippen LogP contribution < -0.4 is 10.2 Å². The fraction of sp³-hybridized carbons (Fsp3) is 0.438. The van der Waals surface area contributed by atoms with Crippen LogP contribution in [0, 0.1) is 5.92 Å². The van der Waals surface area contributed by atoms with E-state index in [4.69, 9.17) is 9.47 Å². The van der Waals surface area contributed by atoms with Gasteiger partial charge < -0.3 is 9.47 Å². The fourth-order valence-electron chi connectivity index (χ4n) is 1.87. The van der Waals surface area contributed by atoms with Gasteiger partial charge in [0, 0.05) is 10.2 Å². The number of hydrogen-bond donors (Lipinski definition) is 1. The Kier molecular flexibility index (Phi) is 8.99. The molecule has 0 fully saturated rings. The normalized spacial score (nSPS) is 12.5. The Labute approximate surface area is 158 Å². The number of carbonyl (C=O) groups excluding carboxylic acids is 2. The van der Waals surface area contributed by atoms with Gasteiger partial charge >= 0.3 is 5.97 Å². The monoisotopic (exact) mass is 462 g/mol. The molecule has 1 unspecified atom stereocenters. The Morgan fingerprint density at radius 3 is 2.58 bits per heavy atom. The van der Waals surface area contributed by atoms with Crippen LogP contribution in [0.1, 0.15) is 27.2 Å². The van der Waals surface area contributed by atoms with Gasteiger partial charge in [-0.05, 0) is 54.4 Å². The fourth-order valence-corrected chi connectivity index (χ4v) is 3.03. The Balaban J connectivity index is 2.56. The number of halogens is 2. The molecule has 0 aliphatic heterocycles. The van der Waals surface area contributed by atoms with Crippen molar-refractivity contribution in [3.63, 3.8) is 0 Å². The van der Waals surface area contributed by atoms with Gasteiger partial charge in [-0.2, -0.15) is 5.10 Å². The number of ether oxygens (including phenoxy) is 2. The molecule has 0 saturated carbocycles. The molecule has 1 atom stereocenters. The molecule has 0 aliphatic rings. The summed E-state index contributed by atoms with van der Waals surface area (Å²) in [6.45, 7) is 5.41. The summed E-state index contributed by atoms with van der Waals surface area (Å²) in [7, 11) is 0. The summed E-state index contributed by atoms with van der Waals surface area (Å²) in [5, 5.41) is 3.96. The first-order chi connectivity index (χ1) is 11.4. The van der Waals surface area contributed by atoms with E-state index in [0.717, 1.165) is 8.95 Å². The summed E-state index contributed by atoms with van der Waals surface area (Å²) in [6.07, 6.45) is 0.548. The zero-order chi connectivity index (χ0) is 18.1. The summed E-state index contributed by atoms with van der Waals surface area (Å²) >= 11 is 6.69. The second kappa shape index (κ2) is 10.5. The summed E-state index contributed by atoms with van der Waals surface area (Å²) in [4.78, 5) is 23.6. The van der Waals surface area contributed by atoms with Crippen LogP contribution in [0.4, 0.5) is 0 Å². The molecule has 1 aromatic rings. The molecule has 1 aromatic carbocycles. The molecular weight excluding hydrogens is 444 g/mol. The molecule has 0 bridgehead atoms. The highest BCUT2D eigenvalue weighted by atomic mass is 79.9. The van der Waals surface area contributed by atoms with Crippen LogP contribution in [-0.2, 0) is 14.3 Å². The Morgan fingerprint density at radius 2 is 2.00 bits per heavy atom. The molecule has 132 valence electrons. The van der Waals surface area contributed by atoms with E-state index in [1.807, 2.05) is 19.1 Å².